The van der Waals surface area contributed by atoms with Crippen LogP contribution in [0.15, 0.2) is 40.2 Å². The molecule has 0 aliphatic rings. The van der Waals surface area contributed by atoms with E-state index in [-0.39, 0.29) is 5.25 Å². The standard InChI is InChI=1S/C12H12N4OS/c1-8(18-12-13-7-14-16(12)2)11-15-9-5-3-4-6-10(9)17-11/h3-8H,1-2H3/t8-/m1/s1. The normalized spacial score (nSPS) is 13.0. The van der Waals surface area contributed by atoms with E-state index >= 15 is 0 Å². The van der Waals surface area contributed by atoms with Gasteiger partial charge in [-0.05, 0) is 19.1 Å². The van der Waals surface area contributed by atoms with E-state index < -0.39 is 0 Å². The molecular weight excluding hydrogens is 248 g/mol. The van der Waals surface area contributed by atoms with Gasteiger partial charge in [0.15, 0.2) is 10.7 Å². The van der Waals surface area contributed by atoms with Crippen molar-refractivity contribution in [2.75, 3.05) is 0 Å². The largest absolute Gasteiger partial charge is 0.439 e. The molecule has 0 saturated heterocycles. The molecular formula is C12H12N4OS. The Hall–Kier alpha value is -1.82. The lowest BCUT2D eigenvalue weighted by atomic mass is 10.3. The van der Waals surface area contributed by atoms with Crippen molar-refractivity contribution in [1.82, 2.24) is 19.7 Å². The molecule has 0 amide bonds. The third-order valence-electron chi connectivity index (χ3n) is 2.61. The maximum Gasteiger partial charge on any atom is 0.208 e. The summed E-state index contributed by atoms with van der Waals surface area (Å²) in [7, 11) is 1.87. The second-order valence-electron chi connectivity index (χ2n) is 3.95. The van der Waals surface area contributed by atoms with Crippen LogP contribution in [0.5, 0.6) is 0 Å². The van der Waals surface area contributed by atoms with Crippen LogP contribution in [0.25, 0.3) is 11.1 Å². The molecule has 0 bridgehead atoms. The van der Waals surface area contributed by atoms with Crippen LogP contribution in [-0.4, -0.2) is 19.7 Å². The topological polar surface area (TPSA) is 56.7 Å². The summed E-state index contributed by atoms with van der Waals surface area (Å²) >= 11 is 1.58. The van der Waals surface area contributed by atoms with E-state index in [2.05, 4.69) is 15.1 Å². The molecule has 0 fully saturated rings. The van der Waals surface area contributed by atoms with Gasteiger partial charge in [0.1, 0.15) is 11.8 Å². The minimum atomic E-state index is 0.0975. The van der Waals surface area contributed by atoms with Gasteiger partial charge >= 0.3 is 0 Å². The van der Waals surface area contributed by atoms with Crippen LogP contribution >= 0.6 is 11.8 Å². The van der Waals surface area contributed by atoms with Gasteiger partial charge in [0.2, 0.25) is 5.89 Å². The zero-order chi connectivity index (χ0) is 12.5. The third kappa shape index (κ3) is 1.99. The Morgan fingerprint density at radius 1 is 1.33 bits per heavy atom. The van der Waals surface area contributed by atoms with E-state index in [1.807, 2.05) is 38.2 Å². The molecule has 2 aromatic heterocycles. The number of hydrogen-bond acceptors (Lipinski definition) is 5. The molecule has 2 heterocycles. The average molecular weight is 260 g/mol. The molecule has 0 radical (unpaired) electrons. The fourth-order valence-corrected chi connectivity index (χ4v) is 2.49. The highest BCUT2D eigenvalue weighted by Gasteiger charge is 2.16. The fourth-order valence-electron chi connectivity index (χ4n) is 1.66. The van der Waals surface area contributed by atoms with Crippen LogP contribution in [0.1, 0.15) is 18.1 Å². The lowest BCUT2D eigenvalue weighted by Crippen LogP contribution is -1.96. The number of benzene rings is 1. The molecule has 0 spiro atoms. The summed E-state index contributed by atoms with van der Waals surface area (Å²) in [6, 6.07) is 7.76. The van der Waals surface area contributed by atoms with Gasteiger partial charge < -0.3 is 4.42 Å². The molecule has 6 heteroatoms. The molecule has 0 unspecified atom stereocenters. The van der Waals surface area contributed by atoms with Gasteiger partial charge in [-0.3, -0.25) is 0 Å². The van der Waals surface area contributed by atoms with Crippen molar-refractivity contribution in [3.05, 3.63) is 36.5 Å². The van der Waals surface area contributed by atoms with Crippen LogP contribution in [0, 0.1) is 0 Å². The van der Waals surface area contributed by atoms with Crippen LogP contribution in [0.4, 0.5) is 0 Å². The number of nitrogens with zero attached hydrogens (tertiary/aromatic N) is 4. The maximum absolute atomic E-state index is 5.73. The molecule has 3 aromatic rings. The van der Waals surface area contributed by atoms with E-state index in [0.29, 0.717) is 5.89 Å². The summed E-state index contributed by atoms with van der Waals surface area (Å²) in [6.45, 7) is 2.05. The van der Waals surface area contributed by atoms with Crippen molar-refractivity contribution in [1.29, 1.82) is 0 Å². The molecule has 1 atom stereocenters. The van der Waals surface area contributed by atoms with Crippen molar-refractivity contribution in [3.8, 4) is 0 Å². The first-order valence-corrected chi connectivity index (χ1v) is 6.48. The molecule has 5 nitrogen and oxygen atoms in total. The van der Waals surface area contributed by atoms with Crippen molar-refractivity contribution in [2.45, 2.75) is 17.3 Å². The molecule has 0 N–H and O–H groups in total. The third-order valence-corrected chi connectivity index (χ3v) is 3.75. The smallest absolute Gasteiger partial charge is 0.208 e. The van der Waals surface area contributed by atoms with E-state index in [9.17, 15) is 0 Å². The molecule has 0 saturated carbocycles. The summed E-state index contributed by atoms with van der Waals surface area (Å²) in [5.41, 5.74) is 1.70. The average Bonchev–Trinajstić information content (AvgIpc) is 2.96. The Bertz CT molecular complexity index is 642. The summed E-state index contributed by atoms with van der Waals surface area (Å²) in [5, 5.41) is 4.99. The Kier molecular flexibility index (Phi) is 2.79. The Balaban J connectivity index is 1.88. The maximum atomic E-state index is 5.73. The minimum absolute atomic E-state index is 0.0975. The van der Waals surface area contributed by atoms with Crippen molar-refractivity contribution in [2.24, 2.45) is 7.05 Å². The Labute approximate surface area is 108 Å². The van der Waals surface area contributed by atoms with E-state index in [1.165, 1.54) is 0 Å². The van der Waals surface area contributed by atoms with Crippen molar-refractivity contribution in [3.63, 3.8) is 0 Å². The Morgan fingerprint density at radius 3 is 2.89 bits per heavy atom. The lowest BCUT2D eigenvalue weighted by Gasteiger charge is -2.05. The van der Waals surface area contributed by atoms with Crippen molar-refractivity contribution < 1.29 is 4.42 Å². The van der Waals surface area contributed by atoms with Crippen molar-refractivity contribution >= 4 is 22.9 Å². The van der Waals surface area contributed by atoms with Crippen LogP contribution < -0.4 is 0 Å². The molecule has 1 aromatic carbocycles. The summed E-state index contributed by atoms with van der Waals surface area (Å²) in [4.78, 5) is 8.66. The highest BCUT2D eigenvalue weighted by molar-refractivity contribution is 7.99. The SMILES string of the molecule is C[C@@H](Sc1ncnn1C)c1nc2ccccc2o1. The van der Waals surface area contributed by atoms with Gasteiger partial charge in [-0.15, -0.1) is 0 Å². The first-order valence-electron chi connectivity index (χ1n) is 5.60. The number of fused-ring (bicyclic) bond motifs is 1. The van der Waals surface area contributed by atoms with Gasteiger partial charge in [-0.1, -0.05) is 23.9 Å². The highest BCUT2D eigenvalue weighted by Crippen LogP contribution is 2.33. The quantitative estimate of drug-likeness (QED) is 0.678. The van der Waals surface area contributed by atoms with Crippen LogP contribution in [0.2, 0.25) is 0 Å². The molecule has 0 aliphatic carbocycles. The minimum Gasteiger partial charge on any atom is -0.439 e. The van der Waals surface area contributed by atoms with E-state index in [0.717, 1.165) is 16.3 Å². The predicted molar refractivity (Wildman–Crippen MR) is 69.3 cm³/mol. The van der Waals surface area contributed by atoms with Gasteiger partial charge in [0.05, 0.1) is 5.25 Å². The number of thioether (sulfide) groups is 1. The first kappa shape index (κ1) is 11.3. The van der Waals surface area contributed by atoms with Crippen LogP contribution in [-0.2, 0) is 7.05 Å². The van der Waals surface area contributed by atoms with E-state index in [4.69, 9.17) is 4.42 Å². The molecule has 0 aliphatic heterocycles. The predicted octanol–water partition coefficient (Wildman–Crippen LogP) is 2.81. The summed E-state index contributed by atoms with van der Waals surface area (Å²) in [6.07, 6.45) is 1.54. The molecule has 92 valence electrons. The second-order valence-corrected chi connectivity index (χ2v) is 5.25. The number of oxazole rings is 1. The van der Waals surface area contributed by atoms with Gasteiger partial charge in [0.25, 0.3) is 0 Å². The van der Waals surface area contributed by atoms with E-state index in [1.54, 1.807) is 22.8 Å². The van der Waals surface area contributed by atoms with Gasteiger partial charge in [-0.2, -0.15) is 5.10 Å². The zero-order valence-corrected chi connectivity index (χ0v) is 10.9. The lowest BCUT2D eigenvalue weighted by molar-refractivity contribution is 0.533. The summed E-state index contributed by atoms with van der Waals surface area (Å²) in [5.74, 6) is 0.712. The fraction of sp³-hybridized carbons (Fsp3) is 0.250. The molecule has 3 rings (SSSR count). The van der Waals surface area contributed by atoms with Gasteiger partial charge in [0, 0.05) is 7.05 Å². The number of aryl methyl sites for hydroxylation is 1. The monoisotopic (exact) mass is 260 g/mol. The second kappa shape index (κ2) is 4.45. The number of rotatable bonds is 3. The van der Waals surface area contributed by atoms with Gasteiger partial charge in [-0.25, -0.2) is 14.6 Å². The number of para-hydroxylation sites is 2. The van der Waals surface area contributed by atoms with Crippen LogP contribution in [0.3, 0.4) is 0 Å². The summed E-state index contributed by atoms with van der Waals surface area (Å²) < 4.78 is 7.47. The Morgan fingerprint density at radius 2 is 2.17 bits per heavy atom. The number of hydrogen-bond donors (Lipinski definition) is 0. The first-order chi connectivity index (χ1) is 8.74. The zero-order valence-electron chi connectivity index (χ0n) is 10.1. The highest BCUT2D eigenvalue weighted by atomic mass is 32.2. The number of aromatic nitrogens is 4. The molecule has 18 heavy (non-hydrogen) atoms.